The maximum Gasteiger partial charge on any atom is 0.175 e. The Morgan fingerprint density at radius 1 is 1.73 bits per heavy atom. The van der Waals surface area contributed by atoms with E-state index >= 15 is 0 Å². The summed E-state index contributed by atoms with van der Waals surface area (Å²) in [5.41, 5.74) is 5.33. The molecule has 0 aromatic heterocycles. The topological polar surface area (TPSA) is 72.5 Å². The molecule has 1 atom stereocenters. The Bertz CT molecular complexity index is 266. The predicted octanol–water partition coefficient (Wildman–Crippen LogP) is -0.355. The molecule has 0 aliphatic carbocycles. The van der Waals surface area contributed by atoms with Crippen LogP contribution in [0.5, 0.6) is 0 Å². The third-order valence-corrected chi connectivity index (χ3v) is 1.45. The van der Waals surface area contributed by atoms with Gasteiger partial charge in [0.2, 0.25) is 0 Å². The summed E-state index contributed by atoms with van der Waals surface area (Å²) in [6.45, 7) is 1.32. The number of aliphatic imine (C=N–C) groups is 1. The monoisotopic (exact) mass is 152 g/mol. The van der Waals surface area contributed by atoms with Gasteiger partial charge in [0.1, 0.15) is 17.5 Å². The molecule has 4 nitrogen and oxygen atoms in total. The highest BCUT2D eigenvalue weighted by Gasteiger charge is 2.26. The summed E-state index contributed by atoms with van der Waals surface area (Å²) in [4.78, 5) is 25.4. The number of rotatable bonds is 1. The lowest BCUT2D eigenvalue weighted by atomic mass is 9.97. The molecule has 0 spiro atoms. The van der Waals surface area contributed by atoms with Crippen molar-refractivity contribution in [2.45, 2.75) is 6.92 Å². The first-order valence-electron chi connectivity index (χ1n) is 3.17. The number of amidine groups is 1. The van der Waals surface area contributed by atoms with Gasteiger partial charge in [-0.1, -0.05) is 0 Å². The van der Waals surface area contributed by atoms with Crippen LogP contribution in [-0.4, -0.2) is 17.4 Å². The minimum atomic E-state index is -0.847. The van der Waals surface area contributed by atoms with Crippen LogP contribution in [0.4, 0.5) is 0 Å². The quantitative estimate of drug-likeness (QED) is 0.522. The van der Waals surface area contributed by atoms with E-state index in [0.717, 1.165) is 0 Å². The molecule has 4 heteroatoms. The maximum absolute atomic E-state index is 11.0. The Morgan fingerprint density at radius 2 is 2.36 bits per heavy atom. The van der Waals surface area contributed by atoms with E-state index in [-0.39, 0.29) is 17.4 Å². The molecule has 1 aliphatic heterocycles. The molecule has 1 unspecified atom stereocenters. The number of allylic oxidation sites excluding steroid dienone is 1. The van der Waals surface area contributed by atoms with Crippen molar-refractivity contribution in [3.63, 3.8) is 0 Å². The van der Waals surface area contributed by atoms with Crippen molar-refractivity contribution in [3.8, 4) is 0 Å². The zero-order valence-corrected chi connectivity index (χ0v) is 6.07. The van der Waals surface area contributed by atoms with Gasteiger partial charge in [0.25, 0.3) is 0 Å². The zero-order chi connectivity index (χ0) is 8.43. The van der Waals surface area contributed by atoms with Crippen LogP contribution in [0.3, 0.4) is 0 Å². The average molecular weight is 152 g/mol. The fourth-order valence-corrected chi connectivity index (χ4v) is 0.922. The Hall–Kier alpha value is -1.45. The summed E-state index contributed by atoms with van der Waals surface area (Å²) in [6, 6.07) is 0. The Kier molecular flexibility index (Phi) is 1.85. The third-order valence-electron chi connectivity index (χ3n) is 1.45. The third kappa shape index (κ3) is 1.34. The maximum atomic E-state index is 11.0. The van der Waals surface area contributed by atoms with Gasteiger partial charge in [-0.2, -0.15) is 0 Å². The van der Waals surface area contributed by atoms with Crippen molar-refractivity contribution in [2.24, 2.45) is 16.6 Å². The number of hydrogen-bond acceptors (Lipinski definition) is 4. The highest BCUT2D eigenvalue weighted by atomic mass is 16.1. The summed E-state index contributed by atoms with van der Waals surface area (Å²) in [5.74, 6) is -1.31. The summed E-state index contributed by atoms with van der Waals surface area (Å²) in [7, 11) is 0. The first-order chi connectivity index (χ1) is 5.13. The van der Waals surface area contributed by atoms with Crippen LogP contribution in [0.15, 0.2) is 17.3 Å². The van der Waals surface area contributed by atoms with Gasteiger partial charge in [0.15, 0.2) is 5.78 Å². The lowest BCUT2D eigenvalue weighted by Gasteiger charge is -2.11. The molecule has 0 bridgehead atoms. The summed E-state index contributed by atoms with van der Waals surface area (Å²) in [5, 5.41) is 0. The van der Waals surface area contributed by atoms with Gasteiger partial charge in [-0.05, 0) is 6.92 Å². The van der Waals surface area contributed by atoms with Crippen LogP contribution in [-0.2, 0) is 9.59 Å². The average Bonchev–Trinajstić information content (AvgIpc) is 1.85. The second-order valence-corrected chi connectivity index (χ2v) is 2.32. The van der Waals surface area contributed by atoms with E-state index in [4.69, 9.17) is 5.73 Å². The normalized spacial score (nSPS) is 23.2. The summed E-state index contributed by atoms with van der Waals surface area (Å²) < 4.78 is 0. The number of ketones is 2. The molecule has 1 heterocycles. The van der Waals surface area contributed by atoms with Crippen LogP contribution >= 0.6 is 0 Å². The summed E-state index contributed by atoms with van der Waals surface area (Å²) >= 11 is 0. The molecule has 11 heavy (non-hydrogen) atoms. The first-order valence-corrected chi connectivity index (χ1v) is 3.17. The largest absolute Gasteiger partial charge is 0.386 e. The molecule has 0 saturated heterocycles. The number of nitrogens with two attached hydrogens (primary N) is 1. The standard InChI is InChI=1S/C7H8N2O2/c1-4(10)6-5(11)2-3-9-7(6)8/h2-3,6H,1H3,(H2,8,9). The highest BCUT2D eigenvalue weighted by molar-refractivity contribution is 6.23. The van der Waals surface area contributed by atoms with Crippen molar-refractivity contribution in [3.05, 3.63) is 12.3 Å². The van der Waals surface area contributed by atoms with E-state index in [1.165, 1.54) is 19.2 Å². The fraction of sp³-hybridized carbons (Fsp3) is 0.286. The molecule has 0 amide bonds. The zero-order valence-electron chi connectivity index (χ0n) is 6.07. The lowest BCUT2D eigenvalue weighted by molar-refractivity contribution is -0.126. The lowest BCUT2D eigenvalue weighted by Crippen LogP contribution is -2.36. The first kappa shape index (κ1) is 7.65. The molecule has 0 fully saturated rings. The van der Waals surface area contributed by atoms with Gasteiger partial charge < -0.3 is 5.73 Å². The Labute approximate surface area is 63.8 Å². The number of hydrogen-bond donors (Lipinski definition) is 1. The van der Waals surface area contributed by atoms with E-state index < -0.39 is 5.92 Å². The fourth-order valence-electron chi connectivity index (χ4n) is 0.922. The van der Waals surface area contributed by atoms with Crippen molar-refractivity contribution in [2.75, 3.05) is 0 Å². The molecule has 1 rings (SSSR count). The molecule has 2 N–H and O–H groups in total. The van der Waals surface area contributed by atoms with Crippen LogP contribution in [0.25, 0.3) is 0 Å². The molecule has 1 aliphatic rings. The summed E-state index contributed by atoms with van der Waals surface area (Å²) in [6.07, 6.45) is 2.56. The SMILES string of the molecule is CC(=O)C1C(=O)C=CN=C1N. The smallest absolute Gasteiger partial charge is 0.175 e. The van der Waals surface area contributed by atoms with Crippen molar-refractivity contribution in [1.29, 1.82) is 0 Å². The molecular weight excluding hydrogens is 144 g/mol. The van der Waals surface area contributed by atoms with Crippen molar-refractivity contribution >= 4 is 17.4 Å². The van der Waals surface area contributed by atoms with E-state index in [2.05, 4.69) is 4.99 Å². The Morgan fingerprint density at radius 3 is 2.73 bits per heavy atom. The molecule has 58 valence electrons. The van der Waals surface area contributed by atoms with Crippen LogP contribution < -0.4 is 5.73 Å². The van der Waals surface area contributed by atoms with Crippen molar-refractivity contribution < 1.29 is 9.59 Å². The van der Waals surface area contributed by atoms with Gasteiger partial charge in [-0.25, -0.2) is 4.99 Å². The van der Waals surface area contributed by atoms with Crippen molar-refractivity contribution in [1.82, 2.24) is 0 Å². The number of nitrogens with zero attached hydrogens (tertiary/aromatic N) is 1. The van der Waals surface area contributed by atoms with Crippen LogP contribution in [0, 0.1) is 5.92 Å². The van der Waals surface area contributed by atoms with E-state index in [1.54, 1.807) is 0 Å². The highest BCUT2D eigenvalue weighted by Crippen LogP contribution is 2.06. The van der Waals surface area contributed by atoms with Gasteiger partial charge in [0.05, 0.1) is 0 Å². The van der Waals surface area contributed by atoms with Gasteiger partial charge in [0, 0.05) is 12.3 Å². The predicted molar refractivity (Wildman–Crippen MR) is 39.9 cm³/mol. The van der Waals surface area contributed by atoms with Gasteiger partial charge >= 0.3 is 0 Å². The molecule has 0 aromatic carbocycles. The minimum Gasteiger partial charge on any atom is -0.386 e. The molecular formula is C7H8N2O2. The number of carbonyl (C=O) groups excluding carboxylic acids is 2. The minimum absolute atomic E-state index is 0.0880. The second-order valence-electron chi connectivity index (χ2n) is 2.32. The molecule has 0 aromatic rings. The number of carbonyl (C=O) groups is 2. The molecule has 0 saturated carbocycles. The molecule has 0 radical (unpaired) electrons. The van der Waals surface area contributed by atoms with Crippen LogP contribution in [0.1, 0.15) is 6.92 Å². The second kappa shape index (κ2) is 2.65. The van der Waals surface area contributed by atoms with E-state index in [0.29, 0.717) is 0 Å². The van der Waals surface area contributed by atoms with Gasteiger partial charge in [-0.15, -0.1) is 0 Å². The van der Waals surface area contributed by atoms with E-state index in [9.17, 15) is 9.59 Å². The number of Topliss-reactive ketones (excluding diaryl/α,β-unsaturated/α-hetero) is 1. The Balaban J connectivity index is 2.95. The van der Waals surface area contributed by atoms with Crippen LogP contribution in [0.2, 0.25) is 0 Å². The van der Waals surface area contributed by atoms with Gasteiger partial charge in [-0.3, -0.25) is 9.59 Å². The van der Waals surface area contributed by atoms with E-state index in [1.807, 2.05) is 0 Å².